The number of oxime groups is 1. The van der Waals surface area contributed by atoms with Gasteiger partial charge in [0.15, 0.2) is 0 Å². The lowest BCUT2D eigenvalue weighted by Gasteiger charge is -2.27. The average Bonchev–Trinajstić information content (AvgIpc) is 2.90. The van der Waals surface area contributed by atoms with Crippen LogP contribution in [0, 0.1) is 11.8 Å². The topological polar surface area (TPSA) is 51.1 Å². The quantitative estimate of drug-likeness (QED) is 0.617. The van der Waals surface area contributed by atoms with Gasteiger partial charge in [-0.2, -0.15) is 0 Å². The van der Waals surface area contributed by atoms with E-state index >= 15 is 0 Å². The normalized spacial score (nSPS) is 28.8. The van der Waals surface area contributed by atoms with Gasteiger partial charge in [0.25, 0.3) is 0 Å². The van der Waals surface area contributed by atoms with Crippen LogP contribution in [0.15, 0.2) is 29.4 Å². The average molecular weight is 351 g/mol. The number of piperidine rings is 1. The summed E-state index contributed by atoms with van der Waals surface area (Å²) in [6.07, 6.45) is 1.59. The van der Waals surface area contributed by atoms with Gasteiger partial charge < -0.3 is 14.5 Å². The highest BCUT2D eigenvalue weighted by atomic mass is 35.5. The van der Waals surface area contributed by atoms with Crippen LogP contribution in [0.2, 0.25) is 5.02 Å². The monoisotopic (exact) mass is 350 g/mol. The zero-order valence-electron chi connectivity index (χ0n) is 14.5. The van der Waals surface area contributed by atoms with Gasteiger partial charge in [0.05, 0.1) is 0 Å². The van der Waals surface area contributed by atoms with Gasteiger partial charge in [-0.05, 0) is 44.4 Å². The third-order valence-electron chi connectivity index (χ3n) is 4.81. The van der Waals surface area contributed by atoms with Crippen LogP contribution in [0.25, 0.3) is 0 Å². The zero-order chi connectivity index (χ0) is 17.5. The van der Waals surface area contributed by atoms with Crippen LogP contribution < -0.4 is 0 Å². The minimum absolute atomic E-state index is 0.122. The van der Waals surface area contributed by atoms with E-state index in [0.717, 1.165) is 0 Å². The van der Waals surface area contributed by atoms with Crippen molar-refractivity contribution in [2.24, 2.45) is 17.0 Å². The molecule has 1 amide bonds. The predicted octanol–water partition coefficient (Wildman–Crippen LogP) is 3.71. The Kier molecular flexibility index (Phi) is 4.24. The Hall–Kier alpha value is -1.75. The molecule has 0 radical (unpaired) electrons. The maximum atomic E-state index is 12.4. The lowest BCUT2D eigenvalue weighted by molar-refractivity contribution is 0.0266. The summed E-state index contributed by atoms with van der Waals surface area (Å²) in [6, 6.07) is 7.85. The van der Waals surface area contributed by atoms with E-state index in [2.05, 4.69) is 5.16 Å². The highest BCUT2D eigenvalue weighted by Gasteiger charge is 2.70. The van der Waals surface area contributed by atoms with Gasteiger partial charge in [0.1, 0.15) is 12.7 Å². The summed E-state index contributed by atoms with van der Waals surface area (Å²) in [5.41, 5.74) is 0.563. The van der Waals surface area contributed by atoms with Gasteiger partial charge in [-0.1, -0.05) is 28.9 Å². The Balaban J connectivity index is 1.82. The first-order chi connectivity index (χ1) is 11.3. The van der Waals surface area contributed by atoms with Crippen molar-refractivity contribution >= 4 is 23.9 Å². The van der Waals surface area contributed by atoms with E-state index in [1.165, 1.54) is 12.7 Å². The van der Waals surface area contributed by atoms with Crippen molar-refractivity contribution in [3.05, 3.63) is 34.9 Å². The number of nitrogens with zero attached hydrogens (tertiary/aromatic N) is 2. The molecular weight excluding hydrogens is 328 g/mol. The van der Waals surface area contributed by atoms with Crippen LogP contribution in [0.4, 0.5) is 4.79 Å². The number of rotatable bonds is 3. The van der Waals surface area contributed by atoms with E-state index < -0.39 is 5.60 Å². The molecule has 1 saturated carbocycles. The van der Waals surface area contributed by atoms with Gasteiger partial charge in [-0.25, -0.2) is 4.79 Å². The molecule has 130 valence electrons. The molecule has 2 aliphatic rings. The number of hydrogen-bond donors (Lipinski definition) is 0. The van der Waals surface area contributed by atoms with Crippen LogP contribution in [0.1, 0.15) is 26.3 Å². The molecule has 1 aliphatic heterocycles. The molecular formula is C18H23ClN2O3. The minimum atomic E-state index is -0.492. The van der Waals surface area contributed by atoms with Crippen molar-refractivity contribution in [1.29, 1.82) is 0 Å². The summed E-state index contributed by atoms with van der Waals surface area (Å²) in [6.45, 7) is 6.92. The van der Waals surface area contributed by atoms with Gasteiger partial charge >= 0.3 is 6.09 Å². The van der Waals surface area contributed by atoms with Crippen LogP contribution >= 0.6 is 11.6 Å². The van der Waals surface area contributed by atoms with Crippen molar-refractivity contribution in [2.45, 2.75) is 31.8 Å². The van der Waals surface area contributed by atoms with Crippen molar-refractivity contribution in [2.75, 3.05) is 20.2 Å². The second-order valence-corrected chi connectivity index (χ2v) is 7.91. The molecule has 1 aromatic carbocycles. The first kappa shape index (κ1) is 17.1. The molecule has 1 saturated heterocycles. The highest BCUT2D eigenvalue weighted by Crippen LogP contribution is 2.63. The molecule has 1 heterocycles. The smallest absolute Gasteiger partial charge is 0.410 e. The fourth-order valence-electron chi connectivity index (χ4n) is 3.75. The summed E-state index contributed by atoms with van der Waals surface area (Å²) in [5, 5.41) is 4.65. The summed E-state index contributed by atoms with van der Waals surface area (Å²) in [4.78, 5) is 19.0. The number of carbonyl (C=O) groups excluding carboxylic acids is 1. The molecule has 1 aliphatic carbocycles. The predicted molar refractivity (Wildman–Crippen MR) is 93.4 cm³/mol. The molecule has 3 unspecified atom stereocenters. The van der Waals surface area contributed by atoms with Crippen molar-refractivity contribution in [3.63, 3.8) is 0 Å². The second-order valence-electron chi connectivity index (χ2n) is 7.48. The van der Waals surface area contributed by atoms with Crippen LogP contribution in [0.5, 0.6) is 0 Å². The molecule has 24 heavy (non-hydrogen) atoms. The van der Waals surface area contributed by atoms with E-state index in [0.29, 0.717) is 24.0 Å². The SMILES string of the molecule is CO/N=C/C1C2CN(C(=O)OC(C)(C)C)CC12c1ccc(Cl)cc1. The largest absolute Gasteiger partial charge is 0.444 e. The molecule has 0 bridgehead atoms. The van der Waals surface area contributed by atoms with Crippen LogP contribution in [0.3, 0.4) is 0 Å². The summed E-state index contributed by atoms with van der Waals surface area (Å²) in [7, 11) is 1.54. The molecule has 3 rings (SSSR count). The molecule has 0 aromatic heterocycles. The number of fused-ring (bicyclic) bond motifs is 1. The molecule has 0 spiro atoms. The molecule has 5 nitrogen and oxygen atoms in total. The molecule has 3 atom stereocenters. The van der Waals surface area contributed by atoms with E-state index in [4.69, 9.17) is 21.2 Å². The highest BCUT2D eigenvalue weighted by molar-refractivity contribution is 6.30. The van der Waals surface area contributed by atoms with E-state index in [9.17, 15) is 4.79 Å². The molecule has 0 N–H and O–H groups in total. The lowest BCUT2D eigenvalue weighted by atomic mass is 9.93. The Labute approximate surface area is 147 Å². The third-order valence-corrected chi connectivity index (χ3v) is 5.06. The summed E-state index contributed by atoms with van der Waals surface area (Å²) < 4.78 is 5.51. The molecule has 1 aromatic rings. The van der Waals surface area contributed by atoms with Gasteiger partial charge in [-0.3, -0.25) is 0 Å². The maximum absolute atomic E-state index is 12.4. The summed E-state index contributed by atoms with van der Waals surface area (Å²) >= 11 is 6.02. The Morgan fingerprint density at radius 1 is 1.38 bits per heavy atom. The van der Waals surface area contributed by atoms with Crippen molar-refractivity contribution in [3.8, 4) is 0 Å². The number of amides is 1. The molecule has 6 heteroatoms. The lowest BCUT2D eigenvalue weighted by Crippen LogP contribution is -2.39. The third kappa shape index (κ3) is 2.97. The van der Waals surface area contributed by atoms with E-state index in [1.807, 2.05) is 51.3 Å². The second kappa shape index (κ2) is 5.96. The Morgan fingerprint density at radius 2 is 2.04 bits per heavy atom. The van der Waals surface area contributed by atoms with Gasteiger partial charge in [0.2, 0.25) is 0 Å². The number of halogens is 1. The number of likely N-dealkylation sites (tertiary alicyclic amines) is 1. The Morgan fingerprint density at radius 3 is 2.62 bits per heavy atom. The molecule has 2 fully saturated rings. The zero-order valence-corrected chi connectivity index (χ0v) is 15.2. The summed E-state index contributed by atoms with van der Waals surface area (Å²) in [5.74, 6) is 0.586. The standard InChI is InChI=1S/C18H23ClN2O3/c1-17(2,3)24-16(22)21-10-15-14(9-20-23-4)18(15,11-21)12-5-7-13(19)8-6-12/h5-9,14-15H,10-11H2,1-4H3/b20-9+. The number of ether oxygens (including phenoxy) is 1. The van der Waals surface area contributed by atoms with Crippen molar-refractivity contribution in [1.82, 2.24) is 4.90 Å². The van der Waals surface area contributed by atoms with Crippen LogP contribution in [-0.2, 0) is 15.0 Å². The van der Waals surface area contributed by atoms with Crippen LogP contribution in [-0.4, -0.2) is 43.0 Å². The van der Waals surface area contributed by atoms with Gasteiger partial charge in [-0.15, -0.1) is 0 Å². The number of hydrogen-bond acceptors (Lipinski definition) is 4. The van der Waals surface area contributed by atoms with E-state index in [-0.39, 0.29) is 17.4 Å². The Bertz CT molecular complexity index is 653. The fourth-order valence-corrected chi connectivity index (χ4v) is 3.88. The fraction of sp³-hybridized carbons (Fsp3) is 0.556. The number of carbonyl (C=O) groups is 1. The minimum Gasteiger partial charge on any atom is -0.444 e. The van der Waals surface area contributed by atoms with E-state index in [1.54, 1.807) is 4.90 Å². The van der Waals surface area contributed by atoms with Gasteiger partial charge in [0, 0.05) is 35.7 Å². The van der Waals surface area contributed by atoms with Crippen molar-refractivity contribution < 1.29 is 14.4 Å². The maximum Gasteiger partial charge on any atom is 0.410 e. The first-order valence-electron chi connectivity index (χ1n) is 8.08. The number of benzene rings is 1. The first-order valence-corrected chi connectivity index (χ1v) is 8.46.